The monoisotopic (exact) mass is 292 g/mol. The Morgan fingerprint density at radius 1 is 1.40 bits per heavy atom. The summed E-state index contributed by atoms with van der Waals surface area (Å²) in [5, 5.41) is 4.06. The third-order valence-electron chi connectivity index (χ3n) is 3.20. The van der Waals surface area contributed by atoms with Crippen LogP contribution in [0.2, 0.25) is 0 Å². The zero-order chi connectivity index (χ0) is 14.7. The summed E-state index contributed by atoms with van der Waals surface area (Å²) in [6.07, 6.45) is 0.778. The van der Waals surface area contributed by atoms with Gasteiger partial charge in [-0.3, -0.25) is 4.79 Å². The molecular weight excluding hydrogens is 275 g/mol. The summed E-state index contributed by atoms with van der Waals surface area (Å²) in [6.45, 7) is 5.97. The second-order valence-electron chi connectivity index (χ2n) is 4.78. The Morgan fingerprint density at radius 3 is 2.80 bits per heavy atom. The fourth-order valence-corrected chi connectivity index (χ4v) is 3.02. The van der Waals surface area contributed by atoms with E-state index in [0.29, 0.717) is 12.1 Å². The number of Topliss-reactive ketones (excluding diaryl/α,β-unsaturated/α-hetero) is 1. The highest BCUT2D eigenvalue weighted by Gasteiger charge is 2.14. The van der Waals surface area contributed by atoms with Crippen LogP contribution in [0.25, 0.3) is 0 Å². The summed E-state index contributed by atoms with van der Waals surface area (Å²) in [7, 11) is 0. The molecule has 0 fully saturated rings. The first-order valence-electron chi connectivity index (χ1n) is 6.45. The number of nitrogens with zero attached hydrogens (tertiary/aromatic N) is 1. The van der Waals surface area contributed by atoms with E-state index in [9.17, 15) is 9.18 Å². The molecule has 0 unspecified atom stereocenters. The normalized spacial score (nSPS) is 10.6. The van der Waals surface area contributed by atoms with E-state index >= 15 is 0 Å². The number of rotatable bonds is 5. The number of nitrogens with one attached hydrogen (secondary N) is 1. The first-order chi connectivity index (χ1) is 9.49. The molecule has 0 amide bonds. The molecule has 2 rings (SSSR count). The maximum Gasteiger partial charge on any atom is 0.164 e. The van der Waals surface area contributed by atoms with E-state index in [1.54, 1.807) is 13.0 Å². The number of aromatic nitrogens is 1. The minimum absolute atomic E-state index is 0.0247. The van der Waals surface area contributed by atoms with Crippen molar-refractivity contribution in [1.82, 2.24) is 4.37 Å². The van der Waals surface area contributed by atoms with Crippen LogP contribution in [0.4, 0.5) is 9.39 Å². The van der Waals surface area contributed by atoms with Crippen LogP contribution in [0.15, 0.2) is 18.2 Å². The Balaban J connectivity index is 2.01. The number of halogens is 1. The summed E-state index contributed by atoms with van der Waals surface area (Å²) < 4.78 is 17.2. The molecular formula is C15H17FN2OS. The molecule has 0 radical (unpaired) electrons. The molecule has 0 spiro atoms. The van der Waals surface area contributed by atoms with E-state index in [4.69, 9.17) is 0 Å². The van der Waals surface area contributed by atoms with Crippen molar-refractivity contribution < 1.29 is 9.18 Å². The lowest BCUT2D eigenvalue weighted by molar-refractivity contribution is 0.101. The van der Waals surface area contributed by atoms with Gasteiger partial charge in [0.25, 0.3) is 0 Å². The average molecular weight is 292 g/mol. The van der Waals surface area contributed by atoms with Gasteiger partial charge in [0.05, 0.1) is 11.3 Å². The molecule has 0 aliphatic carbocycles. The van der Waals surface area contributed by atoms with E-state index in [1.165, 1.54) is 23.7 Å². The lowest BCUT2D eigenvalue weighted by Gasteiger charge is -2.08. The maximum atomic E-state index is 13.0. The summed E-state index contributed by atoms with van der Waals surface area (Å²) >= 11 is 1.30. The third kappa shape index (κ3) is 3.22. The number of anilines is 1. The van der Waals surface area contributed by atoms with Crippen molar-refractivity contribution >= 4 is 22.3 Å². The van der Waals surface area contributed by atoms with E-state index in [0.717, 1.165) is 28.2 Å². The molecule has 20 heavy (non-hydrogen) atoms. The van der Waals surface area contributed by atoms with Gasteiger partial charge in [-0.25, -0.2) is 4.39 Å². The van der Waals surface area contributed by atoms with Crippen LogP contribution < -0.4 is 5.32 Å². The zero-order valence-corrected chi connectivity index (χ0v) is 12.6. The summed E-state index contributed by atoms with van der Waals surface area (Å²) in [5.41, 5.74) is 3.48. The van der Waals surface area contributed by atoms with Gasteiger partial charge in [0, 0.05) is 6.54 Å². The van der Waals surface area contributed by atoms with Crippen LogP contribution in [0.1, 0.15) is 34.1 Å². The number of hydrogen-bond donors (Lipinski definition) is 1. The van der Waals surface area contributed by atoms with Crippen molar-refractivity contribution in [1.29, 1.82) is 0 Å². The van der Waals surface area contributed by atoms with Gasteiger partial charge >= 0.3 is 0 Å². The molecule has 0 bridgehead atoms. The van der Waals surface area contributed by atoms with Crippen molar-refractivity contribution in [3.63, 3.8) is 0 Å². The lowest BCUT2D eigenvalue weighted by atomic mass is 10.1. The molecule has 106 valence electrons. The van der Waals surface area contributed by atoms with Gasteiger partial charge in [-0.05, 0) is 62.0 Å². The number of ketones is 1. The highest BCUT2D eigenvalue weighted by Crippen LogP contribution is 2.24. The topological polar surface area (TPSA) is 42.0 Å². The average Bonchev–Trinajstić information content (AvgIpc) is 2.73. The van der Waals surface area contributed by atoms with Crippen LogP contribution in [0.3, 0.4) is 0 Å². The van der Waals surface area contributed by atoms with E-state index in [2.05, 4.69) is 9.69 Å². The Morgan fingerprint density at radius 2 is 2.15 bits per heavy atom. The van der Waals surface area contributed by atoms with Crippen molar-refractivity contribution in [2.45, 2.75) is 27.2 Å². The van der Waals surface area contributed by atoms with Gasteiger partial charge in [0.1, 0.15) is 10.8 Å². The summed E-state index contributed by atoms with van der Waals surface area (Å²) in [6, 6.07) is 4.81. The van der Waals surface area contributed by atoms with Crippen LogP contribution >= 0.6 is 11.5 Å². The molecule has 1 N–H and O–H groups in total. The molecule has 1 aromatic heterocycles. The van der Waals surface area contributed by atoms with Crippen molar-refractivity contribution in [3.05, 3.63) is 46.4 Å². The van der Waals surface area contributed by atoms with Gasteiger partial charge in [-0.2, -0.15) is 4.37 Å². The van der Waals surface area contributed by atoms with Crippen molar-refractivity contribution in [2.75, 3.05) is 11.9 Å². The van der Waals surface area contributed by atoms with Crippen molar-refractivity contribution in [2.24, 2.45) is 0 Å². The van der Waals surface area contributed by atoms with E-state index in [-0.39, 0.29) is 11.6 Å². The van der Waals surface area contributed by atoms with Crippen molar-refractivity contribution in [3.8, 4) is 0 Å². The van der Waals surface area contributed by atoms with Gasteiger partial charge in [-0.15, -0.1) is 0 Å². The van der Waals surface area contributed by atoms with Crippen LogP contribution in [-0.2, 0) is 6.42 Å². The maximum absolute atomic E-state index is 13.0. The van der Waals surface area contributed by atoms with E-state index < -0.39 is 0 Å². The van der Waals surface area contributed by atoms with Gasteiger partial charge in [0.15, 0.2) is 5.78 Å². The molecule has 0 aliphatic heterocycles. The Bertz CT molecular complexity index is 637. The predicted molar refractivity (Wildman–Crippen MR) is 80.2 cm³/mol. The number of carbonyl (C=O) groups is 1. The Hall–Kier alpha value is -1.75. The first kappa shape index (κ1) is 14.7. The van der Waals surface area contributed by atoms with E-state index in [1.807, 2.05) is 13.8 Å². The molecule has 5 heteroatoms. The fraction of sp³-hybridized carbons (Fsp3) is 0.333. The highest BCUT2D eigenvalue weighted by molar-refractivity contribution is 7.10. The standard InChI is InChI=1S/C15H17FN2OS/c1-9-8-13(16)5-4-12(9)6-7-17-15-14(11(3)19)10(2)18-20-15/h4-5,8,17H,6-7H2,1-3H3. The molecule has 0 saturated carbocycles. The quantitative estimate of drug-likeness (QED) is 0.853. The molecule has 1 aromatic carbocycles. The predicted octanol–water partition coefficient (Wildman–Crippen LogP) is 3.76. The summed E-state index contributed by atoms with van der Waals surface area (Å²) in [4.78, 5) is 11.6. The number of benzene rings is 1. The lowest BCUT2D eigenvalue weighted by Crippen LogP contribution is -2.08. The smallest absolute Gasteiger partial charge is 0.164 e. The highest BCUT2D eigenvalue weighted by atomic mass is 32.1. The molecule has 1 heterocycles. The van der Waals surface area contributed by atoms with Crippen LogP contribution in [-0.4, -0.2) is 16.7 Å². The number of aryl methyl sites for hydroxylation is 2. The Labute approximate surface area is 122 Å². The largest absolute Gasteiger partial charge is 0.375 e. The minimum Gasteiger partial charge on any atom is -0.375 e. The van der Waals surface area contributed by atoms with Gasteiger partial charge in [0.2, 0.25) is 0 Å². The minimum atomic E-state index is -0.212. The molecule has 0 saturated heterocycles. The second-order valence-corrected chi connectivity index (χ2v) is 5.55. The molecule has 0 aliphatic rings. The number of carbonyl (C=O) groups excluding carboxylic acids is 1. The zero-order valence-electron chi connectivity index (χ0n) is 11.8. The van der Waals surface area contributed by atoms with Crippen LogP contribution in [0, 0.1) is 19.7 Å². The van der Waals surface area contributed by atoms with Gasteiger partial charge in [-0.1, -0.05) is 6.07 Å². The third-order valence-corrected chi connectivity index (χ3v) is 4.10. The molecule has 3 nitrogen and oxygen atoms in total. The van der Waals surface area contributed by atoms with Crippen LogP contribution in [0.5, 0.6) is 0 Å². The summed E-state index contributed by atoms with van der Waals surface area (Å²) in [5.74, 6) is -0.187. The molecule has 0 atom stereocenters. The fourth-order valence-electron chi connectivity index (χ4n) is 2.16. The molecule has 2 aromatic rings. The number of hydrogen-bond acceptors (Lipinski definition) is 4. The van der Waals surface area contributed by atoms with Gasteiger partial charge < -0.3 is 5.32 Å². The second kappa shape index (κ2) is 6.13. The first-order valence-corrected chi connectivity index (χ1v) is 7.22. The SMILES string of the molecule is CC(=O)c1c(C)nsc1NCCc1ccc(F)cc1C. The Kier molecular flexibility index (Phi) is 4.49.